The summed E-state index contributed by atoms with van der Waals surface area (Å²) in [6.45, 7) is 4.39. The minimum absolute atomic E-state index is 0.553. The smallest absolute Gasteiger partial charge is 0.0353 e. The van der Waals surface area contributed by atoms with Gasteiger partial charge in [-0.05, 0) is 37.8 Å². The van der Waals surface area contributed by atoms with E-state index >= 15 is 0 Å². The molecule has 0 fully saturated rings. The van der Waals surface area contributed by atoms with Crippen molar-refractivity contribution in [2.75, 3.05) is 11.6 Å². The number of hydrogen-bond donors (Lipinski definition) is 1. The van der Waals surface area contributed by atoms with Gasteiger partial charge in [-0.15, -0.1) is 11.8 Å². The van der Waals surface area contributed by atoms with Crippen molar-refractivity contribution in [3.8, 4) is 0 Å². The Bertz CT molecular complexity index is 260. The maximum atomic E-state index is 3.45. The highest BCUT2D eigenvalue weighted by Gasteiger charge is 1.98. The quantitative estimate of drug-likeness (QED) is 0.736. The van der Waals surface area contributed by atoms with E-state index in [1.807, 2.05) is 0 Å². The van der Waals surface area contributed by atoms with Gasteiger partial charge in [-0.1, -0.05) is 13.0 Å². The molecule has 0 aliphatic carbocycles. The van der Waals surface area contributed by atoms with E-state index < -0.39 is 0 Å². The van der Waals surface area contributed by atoms with Crippen molar-refractivity contribution in [1.29, 1.82) is 0 Å². The standard InChI is InChI=1S/C11H17NS/c1-4-9(2)12-10-6-5-7-11(8-10)13-3/h5-9,12H,4H2,1-3H3/t9-/m0/s1. The summed E-state index contributed by atoms with van der Waals surface area (Å²) < 4.78 is 0. The second-order valence-corrected chi connectivity index (χ2v) is 4.07. The summed E-state index contributed by atoms with van der Waals surface area (Å²) in [5.74, 6) is 0. The molecule has 0 aliphatic rings. The zero-order chi connectivity index (χ0) is 9.68. The maximum absolute atomic E-state index is 3.45. The van der Waals surface area contributed by atoms with Crippen LogP contribution < -0.4 is 5.32 Å². The van der Waals surface area contributed by atoms with Crippen LogP contribution in [-0.2, 0) is 0 Å². The van der Waals surface area contributed by atoms with Gasteiger partial charge >= 0.3 is 0 Å². The average Bonchev–Trinajstić information content (AvgIpc) is 2.18. The van der Waals surface area contributed by atoms with Gasteiger partial charge in [0.25, 0.3) is 0 Å². The molecule has 0 saturated heterocycles. The summed E-state index contributed by atoms with van der Waals surface area (Å²) in [6, 6.07) is 9.09. The van der Waals surface area contributed by atoms with Crippen molar-refractivity contribution >= 4 is 17.4 Å². The van der Waals surface area contributed by atoms with Crippen molar-refractivity contribution in [3.63, 3.8) is 0 Å². The van der Waals surface area contributed by atoms with Crippen LogP contribution in [0.5, 0.6) is 0 Å². The number of benzene rings is 1. The topological polar surface area (TPSA) is 12.0 Å². The fourth-order valence-electron chi connectivity index (χ4n) is 1.10. The van der Waals surface area contributed by atoms with Crippen molar-refractivity contribution in [1.82, 2.24) is 0 Å². The molecule has 0 spiro atoms. The third kappa shape index (κ3) is 3.31. The van der Waals surface area contributed by atoms with Gasteiger partial charge in [0.15, 0.2) is 0 Å². The Balaban J connectivity index is 2.66. The lowest BCUT2D eigenvalue weighted by Gasteiger charge is -2.13. The molecule has 1 aromatic carbocycles. The Morgan fingerprint density at radius 2 is 2.23 bits per heavy atom. The summed E-state index contributed by atoms with van der Waals surface area (Å²) >= 11 is 1.78. The highest BCUT2D eigenvalue weighted by molar-refractivity contribution is 7.98. The van der Waals surface area contributed by atoms with Crippen molar-refractivity contribution < 1.29 is 0 Å². The summed E-state index contributed by atoms with van der Waals surface area (Å²) in [6.07, 6.45) is 3.26. The van der Waals surface area contributed by atoms with Gasteiger partial charge in [0, 0.05) is 16.6 Å². The van der Waals surface area contributed by atoms with Gasteiger partial charge in [-0.25, -0.2) is 0 Å². The molecule has 0 bridgehead atoms. The van der Waals surface area contributed by atoms with Crippen LogP contribution in [0.3, 0.4) is 0 Å². The monoisotopic (exact) mass is 195 g/mol. The van der Waals surface area contributed by atoms with Gasteiger partial charge in [-0.3, -0.25) is 0 Å². The highest BCUT2D eigenvalue weighted by atomic mass is 32.2. The van der Waals surface area contributed by atoms with Crippen LogP contribution in [0.1, 0.15) is 20.3 Å². The molecule has 0 heterocycles. The first-order valence-electron chi connectivity index (χ1n) is 4.67. The summed E-state index contributed by atoms with van der Waals surface area (Å²) in [4.78, 5) is 1.31. The van der Waals surface area contributed by atoms with Crippen LogP contribution in [0.4, 0.5) is 5.69 Å². The lowest BCUT2D eigenvalue weighted by Crippen LogP contribution is -2.13. The SMILES string of the molecule is CC[C@H](C)Nc1cccc(SC)c1. The molecule has 1 atom stereocenters. The van der Waals surface area contributed by atoms with Gasteiger partial charge in [0.2, 0.25) is 0 Å². The zero-order valence-corrected chi connectivity index (χ0v) is 9.32. The van der Waals surface area contributed by atoms with E-state index in [-0.39, 0.29) is 0 Å². The maximum Gasteiger partial charge on any atom is 0.0353 e. The van der Waals surface area contributed by atoms with Crippen LogP contribution in [0, 0.1) is 0 Å². The Morgan fingerprint density at radius 3 is 2.85 bits per heavy atom. The minimum atomic E-state index is 0.553. The molecule has 0 aromatic heterocycles. The molecule has 0 unspecified atom stereocenters. The molecule has 1 N–H and O–H groups in total. The third-order valence-corrected chi connectivity index (χ3v) is 2.82. The second-order valence-electron chi connectivity index (χ2n) is 3.19. The Morgan fingerprint density at radius 1 is 1.46 bits per heavy atom. The molecule has 0 aliphatic heterocycles. The molecule has 13 heavy (non-hydrogen) atoms. The third-order valence-electron chi connectivity index (χ3n) is 2.10. The molecule has 1 nitrogen and oxygen atoms in total. The van der Waals surface area contributed by atoms with E-state index in [1.54, 1.807) is 11.8 Å². The molecular formula is C11H17NS. The molecule has 72 valence electrons. The first-order chi connectivity index (χ1) is 6.26. The van der Waals surface area contributed by atoms with Gasteiger partial charge in [0.1, 0.15) is 0 Å². The van der Waals surface area contributed by atoms with Crippen LogP contribution in [-0.4, -0.2) is 12.3 Å². The first kappa shape index (κ1) is 10.5. The average molecular weight is 195 g/mol. The van der Waals surface area contributed by atoms with E-state index in [4.69, 9.17) is 0 Å². The Kier molecular flexibility index (Phi) is 4.16. The van der Waals surface area contributed by atoms with Crippen molar-refractivity contribution in [2.24, 2.45) is 0 Å². The highest BCUT2D eigenvalue weighted by Crippen LogP contribution is 2.19. The predicted octanol–water partition coefficient (Wildman–Crippen LogP) is 3.62. The van der Waals surface area contributed by atoms with E-state index in [1.165, 1.54) is 10.6 Å². The van der Waals surface area contributed by atoms with Gasteiger partial charge in [0.05, 0.1) is 0 Å². The summed E-state index contributed by atoms with van der Waals surface area (Å²) in [5, 5.41) is 3.45. The number of hydrogen-bond acceptors (Lipinski definition) is 2. The van der Waals surface area contributed by atoms with Gasteiger partial charge < -0.3 is 5.32 Å². The largest absolute Gasteiger partial charge is 0.383 e. The van der Waals surface area contributed by atoms with Crippen LogP contribution in [0.25, 0.3) is 0 Å². The number of nitrogens with one attached hydrogen (secondary N) is 1. The van der Waals surface area contributed by atoms with Gasteiger partial charge in [-0.2, -0.15) is 0 Å². The lowest BCUT2D eigenvalue weighted by molar-refractivity contribution is 0.764. The van der Waals surface area contributed by atoms with Crippen LogP contribution in [0.15, 0.2) is 29.2 Å². The number of thioether (sulfide) groups is 1. The normalized spacial score (nSPS) is 12.5. The number of rotatable bonds is 4. The predicted molar refractivity (Wildman–Crippen MR) is 61.6 cm³/mol. The fourth-order valence-corrected chi connectivity index (χ4v) is 1.56. The van der Waals surface area contributed by atoms with E-state index in [0.29, 0.717) is 6.04 Å². The molecule has 1 rings (SSSR count). The van der Waals surface area contributed by atoms with E-state index in [2.05, 4.69) is 49.7 Å². The van der Waals surface area contributed by atoms with Crippen molar-refractivity contribution in [3.05, 3.63) is 24.3 Å². The lowest BCUT2D eigenvalue weighted by atomic mass is 10.2. The molecule has 0 amide bonds. The minimum Gasteiger partial charge on any atom is -0.383 e. The zero-order valence-electron chi connectivity index (χ0n) is 8.50. The Hall–Kier alpha value is -0.630. The Labute approximate surface area is 84.9 Å². The number of anilines is 1. The van der Waals surface area contributed by atoms with E-state index in [9.17, 15) is 0 Å². The molecule has 0 saturated carbocycles. The molecule has 2 heteroatoms. The van der Waals surface area contributed by atoms with Crippen LogP contribution >= 0.6 is 11.8 Å². The molecule has 1 aromatic rings. The fraction of sp³-hybridized carbons (Fsp3) is 0.455. The summed E-state index contributed by atoms with van der Waals surface area (Å²) in [7, 11) is 0. The molecular weight excluding hydrogens is 178 g/mol. The summed E-state index contributed by atoms with van der Waals surface area (Å²) in [5.41, 5.74) is 1.22. The van der Waals surface area contributed by atoms with Crippen molar-refractivity contribution in [2.45, 2.75) is 31.2 Å². The van der Waals surface area contributed by atoms with Crippen LogP contribution in [0.2, 0.25) is 0 Å². The van der Waals surface area contributed by atoms with E-state index in [0.717, 1.165) is 6.42 Å². The molecule has 0 radical (unpaired) electrons. The second kappa shape index (κ2) is 5.18. The first-order valence-corrected chi connectivity index (χ1v) is 5.89.